The maximum Gasteiger partial charge on any atom is 0.186 e. The molecule has 110 valence electrons. The van der Waals surface area contributed by atoms with Crippen molar-refractivity contribution < 1.29 is 4.42 Å². The predicted octanol–water partition coefficient (Wildman–Crippen LogP) is 5.14. The molecular formula is C17H9N3OS2. The van der Waals surface area contributed by atoms with E-state index in [0.29, 0.717) is 0 Å². The lowest BCUT2D eigenvalue weighted by molar-refractivity contribution is 0.653. The van der Waals surface area contributed by atoms with E-state index in [2.05, 4.69) is 21.0 Å². The normalized spacial score (nSPS) is 11.7. The van der Waals surface area contributed by atoms with Crippen LogP contribution in [-0.2, 0) is 0 Å². The summed E-state index contributed by atoms with van der Waals surface area (Å²) in [5, 5.41) is 1.81. The monoisotopic (exact) mass is 335 g/mol. The maximum absolute atomic E-state index is 5.96. The van der Waals surface area contributed by atoms with E-state index in [1.54, 1.807) is 17.7 Å². The highest BCUT2D eigenvalue weighted by Crippen LogP contribution is 2.38. The van der Waals surface area contributed by atoms with E-state index in [1.165, 1.54) is 16.5 Å². The summed E-state index contributed by atoms with van der Waals surface area (Å²) >= 11 is 3.18. The lowest BCUT2D eigenvalue weighted by Gasteiger charge is -1.96. The number of benzene rings is 2. The average Bonchev–Trinajstić information content (AvgIpc) is 3.16. The quantitative estimate of drug-likeness (QED) is 0.418. The summed E-state index contributed by atoms with van der Waals surface area (Å²) in [5.41, 5.74) is 3.40. The smallest absolute Gasteiger partial charge is 0.186 e. The van der Waals surface area contributed by atoms with E-state index >= 15 is 0 Å². The number of rotatable bonds is 2. The second kappa shape index (κ2) is 5.04. The first-order valence-electron chi connectivity index (χ1n) is 7.04. The van der Waals surface area contributed by atoms with Gasteiger partial charge in [0.25, 0.3) is 0 Å². The van der Waals surface area contributed by atoms with Gasteiger partial charge in [0, 0.05) is 5.39 Å². The van der Waals surface area contributed by atoms with Gasteiger partial charge in [0.2, 0.25) is 0 Å². The molecule has 0 aliphatic rings. The minimum atomic E-state index is 0.720. The van der Waals surface area contributed by atoms with Crippen molar-refractivity contribution in [3.63, 3.8) is 0 Å². The fraction of sp³-hybridized carbons (Fsp3) is 0. The Bertz CT molecular complexity index is 1130. The fourth-order valence-corrected chi connectivity index (χ4v) is 4.56. The van der Waals surface area contributed by atoms with Gasteiger partial charge in [-0.2, -0.15) is 0 Å². The third-order valence-electron chi connectivity index (χ3n) is 3.58. The molecule has 6 heteroatoms. The van der Waals surface area contributed by atoms with Crippen molar-refractivity contribution in [3.05, 3.63) is 54.9 Å². The highest BCUT2D eigenvalue weighted by atomic mass is 32.2. The number of nitrogens with zero attached hydrogens (tertiary/aromatic N) is 3. The Morgan fingerprint density at radius 1 is 0.957 bits per heavy atom. The SMILES string of the molecule is c1ccc2sc(Sc3ncnc4c3oc3ccccc34)nc2c1. The van der Waals surface area contributed by atoms with Crippen molar-refractivity contribution in [2.24, 2.45) is 0 Å². The number of thiazole rings is 1. The van der Waals surface area contributed by atoms with Crippen molar-refractivity contribution >= 4 is 55.4 Å². The first-order chi connectivity index (χ1) is 11.4. The van der Waals surface area contributed by atoms with Crippen molar-refractivity contribution in [2.75, 3.05) is 0 Å². The Balaban J connectivity index is 1.67. The number of aromatic nitrogens is 3. The summed E-state index contributed by atoms with van der Waals surface area (Å²) in [5.74, 6) is 0. The molecule has 0 bridgehead atoms. The zero-order chi connectivity index (χ0) is 15.2. The molecule has 0 amide bonds. The molecular weight excluding hydrogens is 326 g/mol. The fourth-order valence-electron chi connectivity index (χ4n) is 2.55. The van der Waals surface area contributed by atoms with E-state index in [-0.39, 0.29) is 0 Å². The predicted molar refractivity (Wildman–Crippen MR) is 93.1 cm³/mol. The van der Waals surface area contributed by atoms with Crippen LogP contribution in [-0.4, -0.2) is 15.0 Å². The van der Waals surface area contributed by atoms with E-state index in [1.807, 2.05) is 42.5 Å². The Morgan fingerprint density at radius 3 is 2.78 bits per heavy atom. The number of furan rings is 1. The minimum absolute atomic E-state index is 0.720. The van der Waals surface area contributed by atoms with E-state index in [9.17, 15) is 0 Å². The molecule has 5 aromatic rings. The molecule has 0 fully saturated rings. The molecule has 0 aliphatic carbocycles. The van der Waals surface area contributed by atoms with Gasteiger partial charge in [-0.05, 0) is 36.0 Å². The summed E-state index contributed by atoms with van der Waals surface area (Å²) < 4.78 is 8.08. The topological polar surface area (TPSA) is 51.8 Å². The average molecular weight is 335 g/mol. The van der Waals surface area contributed by atoms with Crippen molar-refractivity contribution in [1.29, 1.82) is 0 Å². The van der Waals surface area contributed by atoms with Gasteiger partial charge >= 0.3 is 0 Å². The van der Waals surface area contributed by atoms with E-state index in [0.717, 1.165) is 37.0 Å². The van der Waals surface area contributed by atoms with Crippen molar-refractivity contribution in [2.45, 2.75) is 9.37 Å². The summed E-state index contributed by atoms with van der Waals surface area (Å²) in [4.78, 5) is 13.4. The lowest BCUT2D eigenvalue weighted by atomic mass is 10.2. The molecule has 0 radical (unpaired) electrons. The van der Waals surface area contributed by atoms with E-state index in [4.69, 9.17) is 4.42 Å². The van der Waals surface area contributed by atoms with Crippen LogP contribution < -0.4 is 0 Å². The second-order valence-corrected chi connectivity index (χ2v) is 7.27. The molecule has 4 nitrogen and oxygen atoms in total. The zero-order valence-corrected chi connectivity index (χ0v) is 13.4. The Kier molecular flexibility index (Phi) is 2.86. The highest BCUT2D eigenvalue weighted by Gasteiger charge is 2.15. The van der Waals surface area contributed by atoms with Crippen LogP contribution in [0.5, 0.6) is 0 Å². The number of hydrogen-bond acceptors (Lipinski definition) is 6. The lowest BCUT2D eigenvalue weighted by Crippen LogP contribution is -1.83. The third kappa shape index (κ3) is 2.10. The van der Waals surface area contributed by atoms with E-state index < -0.39 is 0 Å². The van der Waals surface area contributed by atoms with Crippen LogP contribution in [0.1, 0.15) is 0 Å². The standard InChI is InChI=1S/C17H9N3OS2/c1-3-7-12-10(5-1)14-15(21-12)16(19-9-18-14)23-17-20-11-6-2-4-8-13(11)22-17/h1-9H. The molecule has 0 saturated heterocycles. The third-order valence-corrected chi connectivity index (χ3v) is 5.66. The van der Waals surface area contributed by atoms with Gasteiger partial charge in [-0.3, -0.25) is 0 Å². The van der Waals surface area contributed by atoms with Gasteiger partial charge < -0.3 is 4.42 Å². The molecule has 0 atom stereocenters. The molecule has 0 saturated carbocycles. The van der Waals surface area contributed by atoms with Gasteiger partial charge in [0.05, 0.1) is 10.2 Å². The summed E-state index contributed by atoms with van der Waals surface area (Å²) in [7, 11) is 0. The van der Waals surface area contributed by atoms with Crippen LogP contribution in [0, 0.1) is 0 Å². The molecule has 2 aromatic carbocycles. The second-order valence-electron chi connectivity index (χ2n) is 5.00. The van der Waals surface area contributed by atoms with Gasteiger partial charge in [-0.1, -0.05) is 24.3 Å². The zero-order valence-electron chi connectivity index (χ0n) is 11.8. The molecule has 3 aromatic heterocycles. The van der Waals surface area contributed by atoms with Gasteiger partial charge in [0.1, 0.15) is 22.5 Å². The minimum Gasteiger partial charge on any atom is -0.451 e. The van der Waals surface area contributed by atoms with Crippen molar-refractivity contribution in [3.8, 4) is 0 Å². The maximum atomic E-state index is 5.96. The summed E-state index contributed by atoms with van der Waals surface area (Å²) in [6.45, 7) is 0. The van der Waals surface area contributed by atoms with Crippen LogP contribution in [0.3, 0.4) is 0 Å². The van der Waals surface area contributed by atoms with Gasteiger partial charge in [-0.25, -0.2) is 15.0 Å². The Hall–Kier alpha value is -2.44. The molecule has 0 unspecified atom stereocenters. The highest BCUT2D eigenvalue weighted by molar-refractivity contribution is 8.01. The largest absolute Gasteiger partial charge is 0.451 e. The van der Waals surface area contributed by atoms with Crippen molar-refractivity contribution in [1.82, 2.24) is 15.0 Å². The number of hydrogen-bond donors (Lipinski definition) is 0. The van der Waals surface area contributed by atoms with Gasteiger partial charge in [0.15, 0.2) is 9.92 Å². The van der Waals surface area contributed by atoms with Crippen LogP contribution >= 0.6 is 23.1 Å². The van der Waals surface area contributed by atoms with Crippen LogP contribution in [0.25, 0.3) is 32.3 Å². The molecule has 0 spiro atoms. The van der Waals surface area contributed by atoms with Crippen LogP contribution in [0.4, 0.5) is 0 Å². The first-order valence-corrected chi connectivity index (χ1v) is 8.67. The molecule has 0 aliphatic heterocycles. The van der Waals surface area contributed by atoms with Crippen LogP contribution in [0.2, 0.25) is 0 Å². The number of para-hydroxylation sites is 2. The summed E-state index contributed by atoms with van der Waals surface area (Å²) in [6.07, 6.45) is 1.58. The summed E-state index contributed by atoms with van der Waals surface area (Å²) in [6, 6.07) is 16.0. The Morgan fingerprint density at radius 2 is 1.83 bits per heavy atom. The number of fused-ring (bicyclic) bond motifs is 4. The molecule has 23 heavy (non-hydrogen) atoms. The molecule has 0 N–H and O–H groups in total. The van der Waals surface area contributed by atoms with Gasteiger partial charge in [-0.15, -0.1) is 11.3 Å². The first kappa shape index (κ1) is 13.0. The molecule has 3 heterocycles. The molecule has 5 rings (SSSR count). The Labute approximate surface area is 139 Å². The van der Waals surface area contributed by atoms with Crippen LogP contribution in [0.15, 0.2) is 68.6 Å².